The highest BCUT2D eigenvalue weighted by molar-refractivity contribution is 5.87. The lowest BCUT2D eigenvalue weighted by atomic mass is 9.67. The van der Waals surface area contributed by atoms with Crippen LogP contribution in [0.3, 0.4) is 0 Å². The van der Waals surface area contributed by atoms with Crippen molar-refractivity contribution in [3.63, 3.8) is 0 Å². The Morgan fingerprint density at radius 3 is 2.48 bits per heavy atom. The molecule has 0 aliphatic heterocycles. The molecule has 0 amide bonds. The zero-order valence-corrected chi connectivity index (χ0v) is 12.9. The molecule has 0 saturated heterocycles. The minimum absolute atomic E-state index is 0.257. The van der Waals surface area contributed by atoms with Crippen molar-refractivity contribution in [3.8, 4) is 0 Å². The van der Waals surface area contributed by atoms with Gasteiger partial charge in [0, 0.05) is 17.1 Å². The predicted molar refractivity (Wildman–Crippen MR) is 79.4 cm³/mol. The molecular formula is C17H24O4. The Balaban J connectivity index is 2.11. The topological polar surface area (TPSA) is 52.6 Å². The van der Waals surface area contributed by atoms with E-state index in [0.29, 0.717) is 36.5 Å². The van der Waals surface area contributed by atoms with Gasteiger partial charge >= 0.3 is 11.9 Å². The molecule has 0 N–H and O–H groups in total. The zero-order valence-electron chi connectivity index (χ0n) is 12.9. The Bertz CT molecular complexity index is 463. The molecule has 4 heteroatoms. The molecule has 2 saturated carbocycles. The van der Waals surface area contributed by atoms with Gasteiger partial charge in [-0.1, -0.05) is 20.1 Å². The van der Waals surface area contributed by atoms with Gasteiger partial charge in [-0.05, 0) is 43.9 Å². The summed E-state index contributed by atoms with van der Waals surface area (Å²) in [6.07, 6.45) is 4.64. The SMILES string of the molecule is C=CC(=O)OCC1(COC(=O)C(=C)C)C2CCC(C2)C1C. The van der Waals surface area contributed by atoms with Crippen LogP contribution in [0.2, 0.25) is 0 Å². The Morgan fingerprint density at radius 1 is 1.29 bits per heavy atom. The van der Waals surface area contributed by atoms with Crippen LogP contribution in [0, 0.1) is 23.2 Å². The molecule has 116 valence electrons. The van der Waals surface area contributed by atoms with Crippen molar-refractivity contribution < 1.29 is 19.1 Å². The van der Waals surface area contributed by atoms with Crippen LogP contribution in [0.5, 0.6) is 0 Å². The van der Waals surface area contributed by atoms with E-state index in [4.69, 9.17) is 9.47 Å². The molecule has 2 aliphatic carbocycles. The van der Waals surface area contributed by atoms with Crippen LogP contribution < -0.4 is 0 Å². The number of hydrogen-bond donors (Lipinski definition) is 0. The molecule has 4 unspecified atom stereocenters. The third kappa shape index (κ3) is 2.89. The number of carbonyl (C=O) groups is 2. The summed E-state index contributed by atoms with van der Waals surface area (Å²) in [4.78, 5) is 23.1. The largest absolute Gasteiger partial charge is 0.462 e. The van der Waals surface area contributed by atoms with Crippen molar-refractivity contribution in [2.45, 2.75) is 33.1 Å². The minimum atomic E-state index is -0.421. The first kappa shape index (κ1) is 15.8. The Labute approximate surface area is 126 Å². The van der Waals surface area contributed by atoms with Crippen molar-refractivity contribution in [3.05, 3.63) is 24.8 Å². The van der Waals surface area contributed by atoms with Gasteiger partial charge < -0.3 is 9.47 Å². The van der Waals surface area contributed by atoms with Crippen LogP contribution in [-0.2, 0) is 19.1 Å². The lowest BCUT2D eigenvalue weighted by molar-refractivity contribution is -0.155. The van der Waals surface area contributed by atoms with Gasteiger partial charge in [0.15, 0.2) is 0 Å². The van der Waals surface area contributed by atoms with Crippen molar-refractivity contribution in [1.82, 2.24) is 0 Å². The van der Waals surface area contributed by atoms with E-state index < -0.39 is 5.97 Å². The van der Waals surface area contributed by atoms with Gasteiger partial charge in [-0.15, -0.1) is 0 Å². The van der Waals surface area contributed by atoms with E-state index in [2.05, 4.69) is 20.1 Å². The van der Waals surface area contributed by atoms with E-state index >= 15 is 0 Å². The first-order valence-corrected chi connectivity index (χ1v) is 7.52. The van der Waals surface area contributed by atoms with Gasteiger partial charge in [-0.25, -0.2) is 9.59 Å². The molecular weight excluding hydrogens is 268 g/mol. The van der Waals surface area contributed by atoms with E-state index in [1.165, 1.54) is 12.5 Å². The second-order valence-electron chi connectivity index (χ2n) is 6.46. The third-order valence-corrected chi connectivity index (χ3v) is 5.37. The third-order valence-electron chi connectivity index (χ3n) is 5.37. The van der Waals surface area contributed by atoms with E-state index in [1.807, 2.05) is 0 Å². The van der Waals surface area contributed by atoms with Gasteiger partial charge in [0.2, 0.25) is 0 Å². The summed E-state index contributed by atoms with van der Waals surface area (Å²) in [7, 11) is 0. The molecule has 0 spiro atoms. The molecule has 0 radical (unpaired) electrons. The number of rotatable bonds is 6. The first-order valence-electron chi connectivity index (χ1n) is 7.52. The lowest BCUT2D eigenvalue weighted by Gasteiger charge is -2.41. The summed E-state index contributed by atoms with van der Waals surface area (Å²) >= 11 is 0. The quantitative estimate of drug-likeness (QED) is 0.558. The molecule has 4 nitrogen and oxygen atoms in total. The average Bonchev–Trinajstić information content (AvgIpc) is 3.04. The maximum absolute atomic E-state index is 11.7. The van der Waals surface area contributed by atoms with Crippen molar-refractivity contribution in [2.75, 3.05) is 13.2 Å². The first-order chi connectivity index (χ1) is 9.90. The standard InChI is InChI=1S/C17H24O4/c1-5-15(18)20-9-17(10-21-16(19)11(2)3)12(4)13-6-7-14(17)8-13/h5,12-14H,1-2,6-10H2,3-4H3. The molecule has 2 aliphatic rings. The van der Waals surface area contributed by atoms with Crippen molar-refractivity contribution in [2.24, 2.45) is 23.2 Å². The summed E-state index contributed by atoms with van der Waals surface area (Å²) in [6.45, 7) is 11.4. The lowest BCUT2D eigenvalue weighted by Crippen LogP contribution is -2.44. The molecule has 2 fully saturated rings. The van der Waals surface area contributed by atoms with E-state index in [0.717, 1.165) is 12.8 Å². The highest BCUT2D eigenvalue weighted by atomic mass is 16.5. The maximum atomic E-state index is 11.7. The molecule has 0 heterocycles. The van der Waals surface area contributed by atoms with Crippen LogP contribution in [0.15, 0.2) is 24.8 Å². The van der Waals surface area contributed by atoms with Crippen LogP contribution in [0.1, 0.15) is 33.1 Å². The fourth-order valence-corrected chi connectivity index (χ4v) is 3.96. The maximum Gasteiger partial charge on any atom is 0.333 e. The smallest absolute Gasteiger partial charge is 0.333 e. The minimum Gasteiger partial charge on any atom is -0.462 e. The molecule has 0 aromatic heterocycles. The van der Waals surface area contributed by atoms with Gasteiger partial charge in [0.1, 0.15) is 13.2 Å². The number of fused-ring (bicyclic) bond motifs is 2. The normalized spacial score (nSPS) is 33.5. The van der Waals surface area contributed by atoms with Crippen LogP contribution in [-0.4, -0.2) is 25.2 Å². The second kappa shape index (κ2) is 6.04. The Hall–Kier alpha value is -1.58. The van der Waals surface area contributed by atoms with Crippen LogP contribution in [0.4, 0.5) is 0 Å². The number of esters is 2. The van der Waals surface area contributed by atoms with Gasteiger partial charge in [-0.2, -0.15) is 0 Å². The molecule has 0 aromatic rings. The van der Waals surface area contributed by atoms with Crippen LogP contribution in [0.25, 0.3) is 0 Å². The summed E-state index contributed by atoms with van der Waals surface area (Å²) in [5, 5.41) is 0. The summed E-state index contributed by atoms with van der Waals surface area (Å²) < 4.78 is 10.7. The molecule has 4 atom stereocenters. The monoisotopic (exact) mass is 292 g/mol. The van der Waals surface area contributed by atoms with E-state index in [1.54, 1.807) is 6.92 Å². The van der Waals surface area contributed by atoms with Gasteiger partial charge in [0.25, 0.3) is 0 Å². The number of hydrogen-bond acceptors (Lipinski definition) is 4. The molecule has 2 rings (SSSR count). The van der Waals surface area contributed by atoms with Crippen molar-refractivity contribution in [1.29, 1.82) is 0 Å². The van der Waals surface area contributed by atoms with Crippen molar-refractivity contribution >= 4 is 11.9 Å². The molecule has 0 aromatic carbocycles. The highest BCUT2D eigenvalue weighted by Gasteiger charge is 2.57. The zero-order chi connectivity index (χ0) is 15.6. The Kier molecular flexibility index (Phi) is 4.55. The fourth-order valence-electron chi connectivity index (χ4n) is 3.96. The summed E-state index contributed by atoms with van der Waals surface area (Å²) in [5.74, 6) is 0.677. The Morgan fingerprint density at radius 2 is 1.95 bits per heavy atom. The number of carbonyl (C=O) groups excluding carboxylic acids is 2. The fraction of sp³-hybridized carbons (Fsp3) is 0.647. The van der Waals surface area contributed by atoms with Crippen LogP contribution >= 0.6 is 0 Å². The van der Waals surface area contributed by atoms with E-state index in [-0.39, 0.29) is 11.4 Å². The highest BCUT2D eigenvalue weighted by Crippen LogP contribution is 2.59. The van der Waals surface area contributed by atoms with E-state index in [9.17, 15) is 9.59 Å². The summed E-state index contributed by atoms with van der Waals surface area (Å²) in [5.41, 5.74) is 0.135. The van der Waals surface area contributed by atoms with Gasteiger partial charge in [-0.3, -0.25) is 0 Å². The number of ether oxygens (including phenoxy) is 2. The second-order valence-corrected chi connectivity index (χ2v) is 6.46. The molecule has 21 heavy (non-hydrogen) atoms. The van der Waals surface area contributed by atoms with Gasteiger partial charge in [0.05, 0.1) is 0 Å². The average molecular weight is 292 g/mol. The predicted octanol–water partition coefficient (Wildman–Crippen LogP) is 2.89. The summed E-state index contributed by atoms with van der Waals surface area (Å²) in [6, 6.07) is 0. The molecule has 2 bridgehead atoms.